The number of aromatic nitrogens is 2. The van der Waals surface area contributed by atoms with Gasteiger partial charge in [-0.2, -0.15) is 13.2 Å². The topological polar surface area (TPSA) is 107 Å². The Kier molecular flexibility index (Phi) is 7.04. The smallest absolute Gasteiger partial charge is 0.389 e. The maximum absolute atomic E-state index is 14.3. The Bertz CT molecular complexity index is 1180. The normalized spacial score (nSPS) is 19.9. The third-order valence-corrected chi connectivity index (χ3v) is 7.44. The van der Waals surface area contributed by atoms with Crippen molar-refractivity contribution >= 4 is 29.0 Å². The van der Waals surface area contributed by atoms with Crippen LogP contribution in [0.1, 0.15) is 86.2 Å². The summed E-state index contributed by atoms with van der Waals surface area (Å²) in [7, 11) is 0. The zero-order valence-electron chi connectivity index (χ0n) is 21.5. The van der Waals surface area contributed by atoms with E-state index < -0.39 is 34.7 Å². The van der Waals surface area contributed by atoms with Crippen molar-refractivity contribution in [3.63, 3.8) is 0 Å². The summed E-state index contributed by atoms with van der Waals surface area (Å²) in [6.07, 6.45) is -0.283. The largest absolute Gasteiger partial charge is 0.417 e. The van der Waals surface area contributed by atoms with Crippen LogP contribution in [0.25, 0.3) is 10.4 Å². The molecule has 2 aromatic heterocycles. The van der Waals surface area contributed by atoms with E-state index in [9.17, 15) is 27.9 Å². The molecule has 0 unspecified atom stereocenters. The number of hydrogen-bond acceptors (Lipinski definition) is 7. The predicted molar refractivity (Wildman–Crippen MR) is 135 cm³/mol. The average Bonchev–Trinajstić information content (AvgIpc) is 3.49. The summed E-state index contributed by atoms with van der Waals surface area (Å²) in [4.78, 5) is 36.6. The third-order valence-electron chi connectivity index (χ3n) is 6.35. The number of nitrogens with one attached hydrogen (secondary N) is 2. The van der Waals surface area contributed by atoms with Gasteiger partial charge in [0.15, 0.2) is 5.01 Å². The van der Waals surface area contributed by atoms with Crippen LogP contribution < -0.4 is 10.6 Å². The van der Waals surface area contributed by atoms with E-state index in [-0.39, 0.29) is 45.6 Å². The van der Waals surface area contributed by atoms with Crippen LogP contribution in [0.4, 0.5) is 19.0 Å². The number of aliphatic hydroxyl groups is 1. The number of hydrogen-bond donors (Lipinski definition) is 3. The number of anilines is 1. The number of halogens is 3. The Labute approximate surface area is 217 Å². The lowest BCUT2D eigenvalue weighted by Crippen LogP contribution is -2.38. The molecule has 4 heterocycles. The van der Waals surface area contributed by atoms with Crippen molar-refractivity contribution in [1.82, 2.24) is 20.2 Å². The van der Waals surface area contributed by atoms with Crippen molar-refractivity contribution in [2.75, 3.05) is 11.9 Å². The van der Waals surface area contributed by atoms with Gasteiger partial charge in [0.25, 0.3) is 11.8 Å². The molecule has 4 rings (SSSR count). The molecule has 202 valence electrons. The van der Waals surface area contributed by atoms with E-state index >= 15 is 0 Å². The van der Waals surface area contributed by atoms with Gasteiger partial charge in [-0.15, -0.1) is 11.3 Å². The SMILES string of the molecule is CC(C)(O)CNC(=O)c1nc(C(=O)N2C3CCC2CC3)c(-c2cnc(NC(C)(C)C)cc2C(F)(F)F)s1. The molecule has 2 bridgehead atoms. The molecule has 8 nitrogen and oxygen atoms in total. The summed E-state index contributed by atoms with van der Waals surface area (Å²) >= 11 is 0.718. The summed E-state index contributed by atoms with van der Waals surface area (Å²) in [5.41, 5.74) is -3.18. The van der Waals surface area contributed by atoms with Gasteiger partial charge in [-0.25, -0.2) is 9.97 Å². The number of fused-ring (bicyclic) bond motifs is 2. The van der Waals surface area contributed by atoms with Crippen LogP contribution in [0.2, 0.25) is 0 Å². The Morgan fingerprint density at radius 2 is 1.70 bits per heavy atom. The molecule has 37 heavy (non-hydrogen) atoms. The maximum atomic E-state index is 14.3. The summed E-state index contributed by atoms with van der Waals surface area (Å²) < 4.78 is 42.8. The molecular formula is C25H32F3N5O3S. The van der Waals surface area contributed by atoms with Gasteiger partial charge in [0.2, 0.25) is 0 Å². The van der Waals surface area contributed by atoms with Gasteiger partial charge in [0, 0.05) is 35.9 Å². The monoisotopic (exact) mass is 539 g/mol. The number of thiazole rings is 1. The summed E-state index contributed by atoms with van der Waals surface area (Å²) in [6.45, 7) is 8.33. The minimum atomic E-state index is -4.74. The summed E-state index contributed by atoms with van der Waals surface area (Å²) in [6, 6.07) is 0.971. The van der Waals surface area contributed by atoms with Gasteiger partial charge in [-0.1, -0.05) is 0 Å². The molecular weight excluding hydrogens is 507 g/mol. The van der Waals surface area contributed by atoms with Gasteiger partial charge in [-0.05, 0) is 66.4 Å². The molecule has 3 N–H and O–H groups in total. The highest BCUT2D eigenvalue weighted by molar-refractivity contribution is 7.17. The van der Waals surface area contributed by atoms with Gasteiger partial charge in [-0.3, -0.25) is 9.59 Å². The van der Waals surface area contributed by atoms with Crippen molar-refractivity contribution in [1.29, 1.82) is 0 Å². The Morgan fingerprint density at radius 3 is 2.22 bits per heavy atom. The number of carbonyl (C=O) groups is 2. The van der Waals surface area contributed by atoms with Crippen molar-refractivity contribution in [3.8, 4) is 10.4 Å². The van der Waals surface area contributed by atoms with E-state index in [1.54, 1.807) is 25.7 Å². The predicted octanol–water partition coefficient (Wildman–Crippen LogP) is 4.70. The number of carbonyl (C=O) groups excluding carboxylic acids is 2. The van der Waals surface area contributed by atoms with E-state index in [1.165, 1.54) is 13.8 Å². The van der Waals surface area contributed by atoms with Crippen LogP contribution in [-0.2, 0) is 6.18 Å². The first-order chi connectivity index (χ1) is 17.0. The van der Waals surface area contributed by atoms with Gasteiger partial charge < -0.3 is 20.6 Å². The first-order valence-corrected chi connectivity index (χ1v) is 13.0. The highest BCUT2D eigenvalue weighted by atomic mass is 32.1. The highest BCUT2D eigenvalue weighted by Crippen LogP contribution is 2.44. The lowest BCUT2D eigenvalue weighted by atomic mass is 10.0. The van der Waals surface area contributed by atoms with Crippen LogP contribution >= 0.6 is 11.3 Å². The number of amides is 2. The minimum absolute atomic E-state index is 0.0260. The zero-order chi connectivity index (χ0) is 27.3. The molecule has 2 aliphatic rings. The fourth-order valence-corrected chi connectivity index (χ4v) is 5.80. The Morgan fingerprint density at radius 1 is 1.11 bits per heavy atom. The average molecular weight is 540 g/mol. The molecule has 0 saturated carbocycles. The van der Waals surface area contributed by atoms with E-state index in [1.807, 2.05) is 0 Å². The van der Waals surface area contributed by atoms with Crippen LogP contribution in [0.3, 0.4) is 0 Å². The van der Waals surface area contributed by atoms with E-state index in [0.717, 1.165) is 49.3 Å². The molecule has 0 spiro atoms. The first-order valence-electron chi connectivity index (χ1n) is 12.2. The molecule has 12 heteroatoms. The summed E-state index contributed by atoms with van der Waals surface area (Å²) in [5, 5.41) is 15.3. The van der Waals surface area contributed by atoms with Gasteiger partial charge >= 0.3 is 6.18 Å². The minimum Gasteiger partial charge on any atom is -0.389 e. The van der Waals surface area contributed by atoms with Crippen molar-refractivity contribution in [3.05, 3.63) is 28.5 Å². The van der Waals surface area contributed by atoms with Crippen molar-refractivity contribution in [2.45, 2.75) is 89.7 Å². The van der Waals surface area contributed by atoms with Crippen LogP contribution in [0, 0.1) is 0 Å². The molecule has 2 saturated heterocycles. The molecule has 0 aliphatic carbocycles. The number of alkyl halides is 3. The molecule has 2 amide bonds. The third kappa shape index (κ3) is 6.06. The standard InChI is InChI=1S/C25H32F3N5O3S/c1-23(2,3)32-17-10-16(25(26,27)28)15(11-29-17)19-18(22(35)33-13-6-7-14(33)9-8-13)31-21(37-19)20(34)30-12-24(4,5)36/h10-11,13-14,36H,6-9,12H2,1-5H3,(H,29,32)(H,30,34). The van der Waals surface area contributed by atoms with Gasteiger partial charge in [0.05, 0.1) is 16.0 Å². The van der Waals surface area contributed by atoms with E-state index in [2.05, 4.69) is 20.6 Å². The van der Waals surface area contributed by atoms with Crippen LogP contribution in [-0.4, -0.2) is 61.6 Å². The quantitative estimate of drug-likeness (QED) is 0.491. The van der Waals surface area contributed by atoms with E-state index in [0.29, 0.717) is 0 Å². The number of nitrogens with zero attached hydrogens (tertiary/aromatic N) is 3. The lowest BCUT2D eigenvalue weighted by Gasteiger charge is -2.23. The van der Waals surface area contributed by atoms with Crippen LogP contribution in [0.15, 0.2) is 12.3 Å². The van der Waals surface area contributed by atoms with Crippen molar-refractivity contribution < 1.29 is 27.9 Å². The van der Waals surface area contributed by atoms with Gasteiger partial charge in [0.1, 0.15) is 11.5 Å². The second kappa shape index (κ2) is 9.54. The highest BCUT2D eigenvalue weighted by Gasteiger charge is 2.45. The summed E-state index contributed by atoms with van der Waals surface area (Å²) in [5.74, 6) is -1.10. The van der Waals surface area contributed by atoms with Crippen LogP contribution in [0.5, 0.6) is 0 Å². The Hall–Kier alpha value is -2.73. The molecule has 2 aliphatic heterocycles. The first kappa shape index (κ1) is 27.3. The molecule has 0 atom stereocenters. The van der Waals surface area contributed by atoms with Crippen molar-refractivity contribution in [2.24, 2.45) is 0 Å². The maximum Gasteiger partial charge on any atom is 0.417 e. The fraction of sp³-hybridized carbons (Fsp3) is 0.600. The molecule has 2 fully saturated rings. The second-order valence-electron chi connectivity index (χ2n) is 11.4. The fourth-order valence-electron chi connectivity index (χ4n) is 4.81. The number of pyridine rings is 1. The molecule has 2 aromatic rings. The zero-order valence-corrected chi connectivity index (χ0v) is 22.3. The Balaban J connectivity index is 1.81. The van der Waals surface area contributed by atoms with E-state index in [4.69, 9.17) is 0 Å². The number of rotatable bonds is 6. The second-order valence-corrected chi connectivity index (χ2v) is 12.4. The lowest BCUT2D eigenvalue weighted by molar-refractivity contribution is -0.137. The molecule has 0 aromatic carbocycles. The molecule has 0 radical (unpaired) electrons.